The monoisotopic (exact) mass is 600 g/mol. The molecule has 3 aromatic carbocycles. The van der Waals surface area contributed by atoms with Crippen molar-refractivity contribution < 1.29 is 23.5 Å². The molecule has 0 saturated carbocycles. The van der Waals surface area contributed by atoms with E-state index in [0.29, 0.717) is 50.6 Å². The van der Waals surface area contributed by atoms with Crippen LogP contribution in [0.25, 0.3) is 11.1 Å². The second-order valence-electron chi connectivity index (χ2n) is 11.8. The summed E-state index contributed by atoms with van der Waals surface area (Å²) in [6.45, 7) is 6.80. The maximum Gasteiger partial charge on any atom is 0.407 e. The molecule has 2 N–H and O–H groups in total. The summed E-state index contributed by atoms with van der Waals surface area (Å²) in [5.41, 5.74) is 5.17. The highest BCUT2D eigenvalue weighted by atomic mass is 19.1. The molecular formula is C35H41FN4O4. The van der Waals surface area contributed by atoms with Crippen LogP contribution in [0.3, 0.4) is 0 Å². The van der Waals surface area contributed by atoms with Crippen LogP contribution in [0.1, 0.15) is 42.4 Å². The van der Waals surface area contributed by atoms with E-state index in [4.69, 9.17) is 9.47 Å². The first-order valence-electron chi connectivity index (χ1n) is 15.8. The van der Waals surface area contributed by atoms with Gasteiger partial charge in [-0.1, -0.05) is 54.6 Å². The summed E-state index contributed by atoms with van der Waals surface area (Å²) in [5, 5.41) is 6.33. The highest BCUT2D eigenvalue weighted by molar-refractivity contribution is 5.86. The minimum Gasteiger partial charge on any atom is -0.493 e. The molecule has 0 aromatic heterocycles. The van der Waals surface area contributed by atoms with Gasteiger partial charge in [-0.2, -0.15) is 0 Å². The Morgan fingerprint density at radius 2 is 1.59 bits per heavy atom. The number of amides is 2. The van der Waals surface area contributed by atoms with Crippen LogP contribution in [-0.4, -0.2) is 80.3 Å². The van der Waals surface area contributed by atoms with E-state index in [0.717, 1.165) is 37.1 Å². The number of hydrogen-bond acceptors (Lipinski definition) is 6. The minimum atomic E-state index is -0.657. The number of hydrogen-bond donors (Lipinski definition) is 2. The largest absolute Gasteiger partial charge is 0.493 e. The van der Waals surface area contributed by atoms with Crippen molar-refractivity contribution in [3.05, 3.63) is 89.2 Å². The van der Waals surface area contributed by atoms with E-state index in [9.17, 15) is 14.0 Å². The van der Waals surface area contributed by atoms with Gasteiger partial charge in [0, 0.05) is 44.2 Å². The Labute approximate surface area is 258 Å². The topological polar surface area (TPSA) is 83.1 Å². The highest BCUT2D eigenvalue weighted by Crippen LogP contribution is 2.44. The van der Waals surface area contributed by atoms with E-state index in [1.807, 2.05) is 36.1 Å². The Hall–Kier alpha value is -3.95. The zero-order valence-electron chi connectivity index (χ0n) is 25.3. The van der Waals surface area contributed by atoms with Gasteiger partial charge in [0.05, 0.1) is 6.61 Å². The molecule has 44 heavy (non-hydrogen) atoms. The normalized spacial score (nSPS) is 17.9. The Balaban J connectivity index is 1.09. The number of ether oxygens (including phenoxy) is 2. The summed E-state index contributed by atoms with van der Waals surface area (Å²) >= 11 is 0. The number of rotatable bonds is 9. The third-order valence-corrected chi connectivity index (χ3v) is 9.18. The van der Waals surface area contributed by atoms with E-state index in [2.05, 4.69) is 39.8 Å². The number of alkyl carbamates (subject to hydrolysis) is 1. The minimum absolute atomic E-state index is 0.0226. The third kappa shape index (κ3) is 6.44. The van der Waals surface area contributed by atoms with Gasteiger partial charge in [-0.15, -0.1) is 0 Å². The first kappa shape index (κ1) is 30.1. The van der Waals surface area contributed by atoms with Crippen LogP contribution >= 0.6 is 0 Å². The van der Waals surface area contributed by atoms with Gasteiger partial charge in [0.1, 0.15) is 24.2 Å². The predicted octanol–water partition coefficient (Wildman–Crippen LogP) is 4.78. The number of piperidine rings is 1. The third-order valence-electron chi connectivity index (χ3n) is 9.18. The van der Waals surface area contributed by atoms with E-state index < -0.39 is 12.1 Å². The van der Waals surface area contributed by atoms with Crippen LogP contribution in [0.4, 0.5) is 9.18 Å². The summed E-state index contributed by atoms with van der Waals surface area (Å²) in [5.74, 6) is 0.171. The standard InChI is InChI=1S/C35H41FN4O4/c1-2-43-32-13-7-12-31(36)29(32)22-39-18-20-40(21-19-39)34(41)33(24-14-16-37-17-15-24)38-35(42)44-23-30-27-10-5-3-8-25(27)26-9-4-6-11-28(26)30/h3-13,24,30,33,37H,2,14-23H2,1H3,(H,38,42)/t33-/m1/s1. The number of benzene rings is 3. The van der Waals surface area contributed by atoms with Crippen molar-refractivity contribution in [2.45, 2.75) is 38.3 Å². The van der Waals surface area contributed by atoms with Crippen molar-refractivity contribution >= 4 is 12.0 Å². The Bertz CT molecular complexity index is 1420. The molecule has 1 atom stereocenters. The average Bonchev–Trinajstić information content (AvgIpc) is 3.38. The molecule has 0 spiro atoms. The average molecular weight is 601 g/mol. The first-order valence-corrected chi connectivity index (χ1v) is 15.8. The van der Waals surface area contributed by atoms with Gasteiger partial charge in [0.15, 0.2) is 0 Å². The van der Waals surface area contributed by atoms with Crippen LogP contribution in [0.2, 0.25) is 0 Å². The molecule has 9 heteroatoms. The fraction of sp³-hybridized carbons (Fsp3) is 0.429. The number of carbonyl (C=O) groups excluding carboxylic acids is 2. The van der Waals surface area contributed by atoms with Gasteiger partial charge in [-0.25, -0.2) is 9.18 Å². The lowest BCUT2D eigenvalue weighted by Crippen LogP contribution is -2.58. The van der Waals surface area contributed by atoms with Gasteiger partial charge in [0.25, 0.3) is 0 Å². The predicted molar refractivity (Wildman–Crippen MR) is 167 cm³/mol. The zero-order valence-corrected chi connectivity index (χ0v) is 25.3. The maximum atomic E-state index is 14.6. The van der Waals surface area contributed by atoms with Crippen molar-refractivity contribution in [2.75, 3.05) is 52.5 Å². The van der Waals surface area contributed by atoms with Crippen LogP contribution in [-0.2, 0) is 16.1 Å². The fourth-order valence-corrected chi connectivity index (χ4v) is 6.86. The number of nitrogens with zero attached hydrogens (tertiary/aromatic N) is 2. The molecule has 2 fully saturated rings. The molecule has 2 aliphatic heterocycles. The number of fused-ring (bicyclic) bond motifs is 3. The summed E-state index contributed by atoms with van der Waals surface area (Å²) in [6, 6.07) is 20.7. The van der Waals surface area contributed by atoms with Crippen molar-refractivity contribution in [3.63, 3.8) is 0 Å². The molecule has 0 bridgehead atoms. The Kier molecular flexibility index (Phi) is 9.43. The number of carbonyl (C=O) groups is 2. The molecule has 0 radical (unpaired) electrons. The lowest BCUT2D eigenvalue weighted by molar-refractivity contribution is -0.136. The van der Waals surface area contributed by atoms with Crippen LogP contribution in [0.5, 0.6) is 5.75 Å². The van der Waals surface area contributed by atoms with Gasteiger partial charge in [-0.05, 0) is 73.2 Å². The van der Waals surface area contributed by atoms with Crippen molar-refractivity contribution in [2.24, 2.45) is 5.92 Å². The lowest BCUT2D eigenvalue weighted by atomic mass is 9.89. The molecule has 0 unspecified atom stereocenters. The second kappa shape index (κ2) is 13.8. The summed E-state index contributed by atoms with van der Waals surface area (Å²) in [6.07, 6.45) is 1.03. The maximum absolute atomic E-state index is 14.6. The zero-order chi connectivity index (χ0) is 30.5. The number of halogens is 1. The van der Waals surface area contributed by atoms with Gasteiger partial charge in [-0.3, -0.25) is 9.69 Å². The quantitative estimate of drug-likeness (QED) is 0.368. The first-order chi connectivity index (χ1) is 21.5. The molecule has 3 aromatic rings. The molecule has 1 aliphatic carbocycles. The van der Waals surface area contributed by atoms with Gasteiger partial charge in [0.2, 0.25) is 5.91 Å². The Morgan fingerprint density at radius 1 is 0.932 bits per heavy atom. The van der Waals surface area contributed by atoms with E-state index in [1.165, 1.54) is 17.2 Å². The molecular weight excluding hydrogens is 559 g/mol. The van der Waals surface area contributed by atoms with Gasteiger partial charge >= 0.3 is 6.09 Å². The van der Waals surface area contributed by atoms with E-state index in [1.54, 1.807) is 12.1 Å². The highest BCUT2D eigenvalue weighted by Gasteiger charge is 2.36. The number of piperazine rings is 1. The van der Waals surface area contributed by atoms with E-state index in [-0.39, 0.29) is 30.2 Å². The molecule has 6 rings (SSSR count). The van der Waals surface area contributed by atoms with Crippen LogP contribution in [0, 0.1) is 11.7 Å². The molecule has 2 heterocycles. The fourth-order valence-electron chi connectivity index (χ4n) is 6.86. The molecule has 232 valence electrons. The molecule has 8 nitrogen and oxygen atoms in total. The number of nitrogens with one attached hydrogen (secondary N) is 2. The van der Waals surface area contributed by atoms with Crippen molar-refractivity contribution in [1.82, 2.24) is 20.4 Å². The van der Waals surface area contributed by atoms with Crippen LogP contribution < -0.4 is 15.4 Å². The van der Waals surface area contributed by atoms with Crippen molar-refractivity contribution in [1.29, 1.82) is 0 Å². The lowest BCUT2D eigenvalue weighted by Gasteiger charge is -2.39. The summed E-state index contributed by atoms with van der Waals surface area (Å²) in [7, 11) is 0. The van der Waals surface area contributed by atoms with Crippen LogP contribution in [0.15, 0.2) is 66.7 Å². The SMILES string of the molecule is CCOc1cccc(F)c1CN1CCN(C(=O)[C@H](NC(=O)OCC2c3ccccc3-c3ccccc32)C2CCNCC2)CC1. The molecule has 3 aliphatic rings. The molecule has 2 amide bonds. The Morgan fingerprint density at radius 3 is 2.25 bits per heavy atom. The second-order valence-corrected chi connectivity index (χ2v) is 11.8. The molecule has 2 saturated heterocycles. The van der Waals surface area contributed by atoms with Gasteiger partial charge < -0.3 is 25.0 Å². The van der Waals surface area contributed by atoms with E-state index >= 15 is 0 Å². The summed E-state index contributed by atoms with van der Waals surface area (Å²) < 4.78 is 26.1. The smallest absolute Gasteiger partial charge is 0.407 e. The summed E-state index contributed by atoms with van der Waals surface area (Å²) in [4.78, 5) is 31.2. The van der Waals surface area contributed by atoms with Crippen molar-refractivity contribution in [3.8, 4) is 16.9 Å².